The number of furan rings is 1. The van der Waals surface area contributed by atoms with Crippen molar-refractivity contribution in [3.63, 3.8) is 0 Å². The van der Waals surface area contributed by atoms with Crippen LogP contribution in [0.5, 0.6) is 0 Å². The Morgan fingerprint density at radius 1 is 0.491 bits per heavy atom. The largest absolute Gasteiger partial charge is 0.454 e. The van der Waals surface area contributed by atoms with E-state index in [-0.39, 0.29) is 5.41 Å². The van der Waals surface area contributed by atoms with E-state index in [0.717, 1.165) is 60.6 Å². The highest BCUT2D eigenvalue weighted by Gasteiger charge is 2.39. The maximum atomic E-state index is 6.89. The minimum Gasteiger partial charge on any atom is -0.454 e. The van der Waals surface area contributed by atoms with Crippen molar-refractivity contribution in [3.8, 4) is 51.0 Å². The molecule has 0 unspecified atom stereocenters. The van der Waals surface area contributed by atoms with Crippen molar-refractivity contribution >= 4 is 43.7 Å². The molecule has 1 aliphatic rings. The minimum absolute atomic E-state index is 0.256. The van der Waals surface area contributed by atoms with Crippen molar-refractivity contribution < 1.29 is 4.42 Å². The number of rotatable bonds is 4. The quantitative estimate of drug-likeness (QED) is 0.186. The van der Waals surface area contributed by atoms with Crippen LogP contribution in [0.15, 0.2) is 162 Å². The monoisotopic (exact) mass is 680 g/mol. The summed E-state index contributed by atoms with van der Waals surface area (Å²) >= 11 is 0. The fourth-order valence-corrected chi connectivity index (χ4v) is 8.66. The maximum Gasteiger partial charge on any atom is 0.164 e. The summed E-state index contributed by atoms with van der Waals surface area (Å²) in [6.45, 7) is 4.71. The van der Waals surface area contributed by atoms with Gasteiger partial charge in [0.05, 0.1) is 11.0 Å². The maximum absolute atomic E-state index is 6.89. The number of nitrogens with zero attached hydrogens (tertiary/aromatic N) is 4. The van der Waals surface area contributed by atoms with Gasteiger partial charge in [0, 0.05) is 49.3 Å². The Balaban J connectivity index is 1.36. The first kappa shape index (κ1) is 29.8. The van der Waals surface area contributed by atoms with Gasteiger partial charge in [0.1, 0.15) is 5.58 Å². The summed E-state index contributed by atoms with van der Waals surface area (Å²) in [6.07, 6.45) is 0. The number of aromatic nitrogens is 4. The molecule has 0 saturated carbocycles. The summed E-state index contributed by atoms with van der Waals surface area (Å²) in [6, 6.07) is 55.0. The summed E-state index contributed by atoms with van der Waals surface area (Å²) in [7, 11) is 0. The molecule has 0 N–H and O–H groups in total. The topological polar surface area (TPSA) is 56.7 Å². The molecule has 1 aliphatic carbocycles. The van der Waals surface area contributed by atoms with Gasteiger partial charge in [0.25, 0.3) is 0 Å². The van der Waals surface area contributed by atoms with E-state index >= 15 is 0 Å². The summed E-state index contributed by atoms with van der Waals surface area (Å²) in [5, 5.41) is 4.25. The molecular formula is C48H32N4O. The van der Waals surface area contributed by atoms with Crippen LogP contribution in [0.4, 0.5) is 0 Å². The number of benzene rings is 7. The third kappa shape index (κ3) is 4.28. The third-order valence-corrected chi connectivity index (χ3v) is 11.0. The van der Waals surface area contributed by atoms with E-state index in [1.54, 1.807) is 0 Å². The third-order valence-electron chi connectivity index (χ3n) is 11.0. The molecule has 0 amide bonds. The lowest BCUT2D eigenvalue weighted by molar-refractivity contribution is 0.663. The molecule has 5 nitrogen and oxygen atoms in total. The molecule has 250 valence electrons. The Morgan fingerprint density at radius 3 is 1.81 bits per heavy atom. The molecule has 0 atom stereocenters. The van der Waals surface area contributed by atoms with Gasteiger partial charge in [-0.25, -0.2) is 15.0 Å². The number of hydrogen-bond acceptors (Lipinski definition) is 4. The first-order valence-electron chi connectivity index (χ1n) is 18.0. The van der Waals surface area contributed by atoms with Crippen LogP contribution >= 0.6 is 0 Å². The standard InChI is InChI=1S/C48H32N4O/c1-48(2)38-24-14-12-22-32(38)34-26-27-35-40-37(47-50-45(29-16-6-3-7-17-29)49-46(51-47)30-18-8-4-9-19-30)28-36-33-23-13-15-25-39(33)53-44(36)43(40)52(42(35)41(34)48)31-20-10-5-11-21-31/h3-28H,1-2H3. The van der Waals surface area contributed by atoms with Gasteiger partial charge in [0.2, 0.25) is 0 Å². The van der Waals surface area contributed by atoms with Crippen LogP contribution in [0.3, 0.4) is 0 Å². The van der Waals surface area contributed by atoms with Crippen LogP contribution in [0.25, 0.3) is 94.7 Å². The molecule has 0 fully saturated rings. The van der Waals surface area contributed by atoms with Crippen molar-refractivity contribution in [2.75, 3.05) is 0 Å². The number of fused-ring (bicyclic) bond motifs is 11. The zero-order valence-electron chi connectivity index (χ0n) is 29.2. The average Bonchev–Trinajstić information content (AvgIpc) is 3.84. The van der Waals surface area contributed by atoms with Gasteiger partial charge in [-0.3, -0.25) is 0 Å². The van der Waals surface area contributed by atoms with Crippen LogP contribution in [0.1, 0.15) is 25.0 Å². The van der Waals surface area contributed by atoms with Crippen molar-refractivity contribution in [2.24, 2.45) is 0 Å². The number of para-hydroxylation sites is 2. The Labute approximate surface area is 305 Å². The fraction of sp³-hybridized carbons (Fsp3) is 0.0625. The Bertz CT molecular complexity index is 3010. The Hall–Kier alpha value is -6.85. The lowest BCUT2D eigenvalue weighted by atomic mass is 9.81. The van der Waals surface area contributed by atoms with Crippen LogP contribution in [0.2, 0.25) is 0 Å². The molecule has 5 heteroatoms. The van der Waals surface area contributed by atoms with E-state index in [9.17, 15) is 0 Å². The predicted molar refractivity (Wildman–Crippen MR) is 215 cm³/mol. The minimum atomic E-state index is -0.256. The SMILES string of the molecule is CC1(C)c2ccccc2-c2ccc3c4c(-c5nc(-c6ccccc6)nc(-c6ccccc6)n5)cc5c6ccccc6oc5c4n(-c4ccccc4)c3c21. The second-order valence-electron chi connectivity index (χ2n) is 14.4. The van der Waals surface area contributed by atoms with Gasteiger partial charge in [0.15, 0.2) is 23.1 Å². The number of hydrogen-bond donors (Lipinski definition) is 0. The molecule has 0 saturated heterocycles. The van der Waals surface area contributed by atoms with Crippen molar-refractivity contribution in [1.29, 1.82) is 0 Å². The highest BCUT2D eigenvalue weighted by molar-refractivity contribution is 6.27. The van der Waals surface area contributed by atoms with Crippen LogP contribution in [-0.2, 0) is 5.41 Å². The molecule has 3 aromatic heterocycles. The first-order valence-corrected chi connectivity index (χ1v) is 18.0. The van der Waals surface area contributed by atoms with E-state index in [1.807, 2.05) is 42.5 Å². The van der Waals surface area contributed by atoms with E-state index < -0.39 is 0 Å². The highest BCUT2D eigenvalue weighted by atomic mass is 16.3. The second-order valence-corrected chi connectivity index (χ2v) is 14.4. The van der Waals surface area contributed by atoms with E-state index in [4.69, 9.17) is 19.4 Å². The molecule has 0 radical (unpaired) electrons. The summed E-state index contributed by atoms with van der Waals surface area (Å²) in [5.74, 6) is 1.87. The lowest BCUT2D eigenvalue weighted by Crippen LogP contribution is -2.16. The molecular weight excluding hydrogens is 649 g/mol. The second kappa shape index (κ2) is 11.1. The summed E-state index contributed by atoms with van der Waals surface area (Å²) in [5.41, 5.74) is 12.6. The van der Waals surface area contributed by atoms with Crippen LogP contribution in [0, 0.1) is 0 Å². The van der Waals surface area contributed by atoms with Crippen LogP contribution in [-0.4, -0.2) is 19.5 Å². The molecule has 11 rings (SSSR count). The molecule has 10 aromatic rings. The molecule has 7 aromatic carbocycles. The van der Waals surface area contributed by atoms with Crippen molar-refractivity contribution in [1.82, 2.24) is 19.5 Å². The molecule has 0 spiro atoms. The van der Waals surface area contributed by atoms with Gasteiger partial charge in [-0.1, -0.05) is 147 Å². The van der Waals surface area contributed by atoms with Gasteiger partial charge < -0.3 is 8.98 Å². The van der Waals surface area contributed by atoms with Crippen LogP contribution < -0.4 is 0 Å². The molecule has 53 heavy (non-hydrogen) atoms. The first-order chi connectivity index (χ1) is 26.1. The van der Waals surface area contributed by atoms with E-state index in [1.165, 1.54) is 27.8 Å². The average molecular weight is 681 g/mol. The van der Waals surface area contributed by atoms with Gasteiger partial charge in [-0.05, 0) is 46.5 Å². The van der Waals surface area contributed by atoms with Gasteiger partial charge in [-0.2, -0.15) is 0 Å². The Morgan fingerprint density at radius 2 is 1.09 bits per heavy atom. The van der Waals surface area contributed by atoms with Gasteiger partial charge in [-0.15, -0.1) is 0 Å². The van der Waals surface area contributed by atoms with Gasteiger partial charge >= 0.3 is 0 Å². The fourth-order valence-electron chi connectivity index (χ4n) is 8.66. The normalized spacial score (nSPS) is 13.2. The smallest absolute Gasteiger partial charge is 0.164 e. The van der Waals surface area contributed by atoms with Crippen molar-refractivity contribution in [2.45, 2.75) is 19.3 Å². The Kier molecular flexibility index (Phi) is 6.23. The lowest BCUT2D eigenvalue weighted by Gasteiger charge is -2.23. The molecule has 3 heterocycles. The molecule has 0 bridgehead atoms. The zero-order valence-corrected chi connectivity index (χ0v) is 29.2. The summed E-state index contributed by atoms with van der Waals surface area (Å²) in [4.78, 5) is 15.6. The van der Waals surface area contributed by atoms with Crippen molar-refractivity contribution in [3.05, 3.63) is 169 Å². The molecule has 0 aliphatic heterocycles. The van der Waals surface area contributed by atoms with E-state index in [0.29, 0.717) is 17.5 Å². The predicted octanol–water partition coefficient (Wildman–Crippen LogP) is 12.2. The van der Waals surface area contributed by atoms with E-state index in [2.05, 4.69) is 134 Å². The zero-order chi connectivity index (χ0) is 35.3. The highest BCUT2D eigenvalue weighted by Crippen LogP contribution is 2.54. The summed E-state index contributed by atoms with van der Waals surface area (Å²) < 4.78 is 9.33.